The van der Waals surface area contributed by atoms with E-state index >= 15 is 0 Å². The molecule has 1 aliphatic heterocycles. The molecule has 1 aliphatic rings. The van der Waals surface area contributed by atoms with Gasteiger partial charge in [-0.05, 0) is 55.0 Å². The van der Waals surface area contributed by atoms with Crippen LogP contribution < -0.4 is 14.2 Å². The molecule has 1 heterocycles. The summed E-state index contributed by atoms with van der Waals surface area (Å²) in [6.07, 6.45) is 2.90. The third-order valence-electron chi connectivity index (χ3n) is 4.05. The molecule has 0 aliphatic carbocycles. The highest BCUT2D eigenvalue weighted by Gasteiger charge is 2.15. The molecule has 0 saturated heterocycles. The standard InChI is InChI=1S/C21H19ClO6/c1-13(21(24)25)28-16-6-4-15(5-7-16)18(23)8-3-14-11-17(22)20-19(12-14)26-9-2-10-27-20/h3-8,11-13H,2,9-10H2,1H3,(H,24,25). The number of carbonyl (C=O) groups excluding carboxylic acids is 1. The second kappa shape index (κ2) is 8.80. The Morgan fingerprint density at radius 3 is 2.61 bits per heavy atom. The fourth-order valence-corrected chi connectivity index (χ4v) is 2.84. The first kappa shape index (κ1) is 19.8. The number of aliphatic carboxylic acids is 1. The number of ether oxygens (including phenoxy) is 3. The van der Waals surface area contributed by atoms with E-state index < -0.39 is 12.1 Å². The van der Waals surface area contributed by atoms with E-state index in [0.29, 0.717) is 41.0 Å². The van der Waals surface area contributed by atoms with Gasteiger partial charge in [0.05, 0.1) is 18.2 Å². The van der Waals surface area contributed by atoms with Gasteiger partial charge in [-0.1, -0.05) is 17.7 Å². The van der Waals surface area contributed by atoms with E-state index in [2.05, 4.69) is 0 Å². The van der Waals surface area contributed by atoms with Gasteiger partial charge < -0.3 is 19.3 Å². The molecule has 0 aromatic heterocycles. The van der Waals surface area contributed by atoms with E-state index in [9.17, 15) is 9.59 Å². The number of hydrogen-bond donors (Lipinski definition) is 1. The Kier molecular flexibility index (Phi) is 6.21. The van der Waals surface area contributed by atoms with Gasteiger partial charge in [-0.3, -0.25) is 4.79 Å². The molecule has 2 aromatic carbocycles. The smallest absolute Gasteiger partial charge is 0.344 e. The molecule has 1 N–H and O–H groups in total. The van der Waals surface area contributed by atoms with Crippen molar-refractivity contribution in [2.45, 2.75) is 19.4 Å². The van der Waals surface area contributed by atoms with Crippen LogP contribution in [0.2, 0.25) is 5.02 Å². The number of fused-ring (bicyclic) bond motifs is 1. The van der Waals surface area contributed by atoms with E-state index in [-0.39, 0.29) is 5.78 Å². The summed E-state index contributed by atoms with van der Waals surface area (Å²) in [6, 6.07) is 9.77. The maximum Gasteiger partial charge on any atom is 0.344 e. The molecule has 2 aromatic rings. The van der Waals surface area contributed by atoms with Gasteiger partial charge >= 0.3 is 5.97 Å². The minimum atomic E-state index is -1.06. The van der Waals surface area contributed by atoms with Gasteiger partial charge in [0.2, 0.25) is 0 Å². The van der Waals surface area contributed by atoms with Gasteiger partial charge in [-0.25, -0.2) is 4.79 Å². The number of benzene rings is 2. The summed E-state index contributed by atoms with van der Waals surface area (Å²) in [5, 5.41) is 9.29. The van der Waals surface area contributed by atoms with Crippen molar-refractivity contribution < 1.29 is 28.9 Å². The van der Waals surface area contributed by atoms with E-state index in [1.807, 2.05) is 0 Å². The van der Waals surface area contributed by atoms with Crippen molar-refractivity contribution in [1.82, 2.24) is 0 Å². The number of carboxylic acids is 1. The van der Waals surface area contributed by atoms with Crippen LogP contribution >= 0.6 is 11.6 Å². The first-order valence-electron chi connectivity index (χ1n) is 8.75. The Balaban J connectivity index is 1.70. The van der Waals surface area contributed by atoms with E-state index in [1.54, 1.807) is 42.5 Å². The number of carboxylic acid groups (broad SMARTS) is 1. The number of rotatable bonds is 6. The topological polar surface area (TPSA) is 82.1 Å². The van der Waals surface area contributed by atoms with Crippen molar-refractivity contribution in [3.05, 3.63) is 58.6 Å². The van der Waals surface area contributed by atoms with Crippen molar-refractivity contribution in [2.75, 3.05) is 13.2 Å². The highest BCUT2D eigenvalue weighted by atomic mass is 35.5. The number of allylic oxidation sites excluding steroid dienone is 1. The highest BCUT2D eigenvalue weighted by Crippen LogP contribution is 2.38. The Hall–Kier alpha value is -2.99. The summed E-state index contributed by atoms with van der Waals surface area (Å²) in [4.78, 5) is 23.2. The zero-order valence-corrected chi connectivity index (χ0v) is 15.9. The van der Waals surface area contributed by atoms with Crippen LogP contribution in [0.1, 0.15) is 29.3 Å². The summed E-state index contributed by atoms with van der Waals surface area (Å²) >= 11 is 6.25. The Morgan fingerprint density at radius 1 is 1.18 bits per heavy atom. The Labute approximate surface area is 167 Å². The minimum Gasteiger partial charge on any atom is -0.489 e. The van der Waals surface area contributed by atoms with Crippen LogP contribution in [-0.4, -0.2) is 36.2 Å². The largest absolute Gasteiger partial charge is 0.489 e. The van der Waals surface area contributed by atoms with Gasteiger partial charge in [0.1, 0.15) is 5.75 Å². The second-order valence-corrected chi connectivity index (χ2v) is 6.61. The lowest BCUT2D eigenvalue weighted by molar-refractivity contribution is -0.144. The quantitative estimate of drug-likeness (QED) is 0.574. The average molecular weight is 403 g/mol. The zero-order chi connectivity index (χ0) is 20.1. The summed E-state index contributed by atoms with van der Waals surface area (Å²) < 4.78 is 16.5. The molecule has 7 heteroatoms. The molecule has 0 bridgehead atoms. The Morgan fingerprint density at radius 2 is 1.89 bits per heavy atom. The van der Waals surface area contributed by atoms with Gasteiger partial charge in [-0.2, -0.15) is 0 Å². The predicted octanol–water partition coefficient (Wildman–Crippen LogP) is 4.25. The van der Waals surface area contributed by atoms with E-state index in [1.165, 1.54) is 13.0 Å². The van der Waals surface area contributed by atoms with Crippen LogP contribution in [0, 0.1) is 0 Å². The van der Waals surface area contributed by atoms with Crippen LogP contribution in [-0.2, 0) is 4.79 Å². The molecule has 0 radical (unpaired) electrons. The first-order chi connectivity index (χ1) is 13.4. The molecule has 0 saturated carbocycles. The molecule has 1 unspecified atom stereocenters. The predicted molar refractivity (Wildman–Crippen MR) is 105 cm³/mol. The lowest BCUT2D eigenvalue weighted by atomic mass is 10.1. The summed E-state index contributed by atoms with van der Waals surface area (Å²) in [7, 11) is 0. The lowest BCUT2D eigenvalue weighted by Gasteiger charge is -2.10. The molecule has 1 atom stereocenters. The second-order valence-electron chi connectivity index (χ2n) is 6.20. The van der Waals surface area contributed by atoms with Gasteiger partial charge in [0.25, 0.3) is 0 Å². The number of ketones is 1. The van der Waals surface area contributed by atoms with Crippen molar-refractivity contribution in [3.63, 3.8) is 0 Å². The van der Waals surface area contributed by atoms with Gasteiger partial charge in [0, 0.05) is 12.0 Å². The zero-order valence-electron chi connectivity index (χ0n) is 15.2. The van der Waals surface area contributed by atoms with Crippen molar-refractivity contribution in [2.24, 2.45) is 0 Å². The number of halogens is 1. The van der Waals surface area contributed by atoms with Crippen LogP contribution in [0.25, 0.3) is 6.08 Å². The van der Waals surface area contributed by atoms with Gasteiger partial charge in [-0.15, -0.1) is 0 Å². The SMILES string of the molecule is CC(Oc1ccc(C(=O)C=Cc2cc(Cl)c3c(c2)OCCCO3)cc1)C(=O)O. The van der Waals surface area contributed by atoms with Crippen LogP contribution in [0.5, 0.6) is 17.2 Å². The Bertz CT molecular complexity index is 904. The normalized spacial score (nSPS) is 14.4. The number of hydrogen-bond acceptors (Lipinski definition) is 5. The molecule has 0 amide bonds. The van der Waals surface area contributed by atoms with Crippen LogP contribution in [0.3, 0.4) is 0 Å². The molecule has 3 rings (SSSR count). The molecular weight excluding hydrogens is 384 g/mol. The fraction of sp³-hybridized carbons (Fsp3) is 0.238. The summed E-state index contributed by atoms with van der Waals surface area (Å²) in [5.41, 5.74) is 1.17. The summed E-state index contributed by atoms with van der Waals surface area (Å²) in [6.45, 7) is 2.53. The van der Waals surface area contributed by atoms with E-state index in [0.717, 1.165) is 12.0 Å². The fourth-order valence-electron chi connectivity index (χ4n) is 2.57. The maximum absolute atomic E-state index is 12.4. The third kappa shape index (κ3) is 4.84. The average Bonchev–Trinajstić information content (AvgIpc) is 2.92. The van der Waals surface area contributed by atoms with E-state index in [4.69, 9.17) is 30.9 Å². The molecule has 28 heavy (non-hydrogen) atoms. The van der Waals surface area contributed by atoms with Crippen molar-refractivity contribution in [3.8, 4) is 17.2 Å². The third-order valence-corrected chi connectivity index (χ3v) is 4.33. The first-order valence-corrected chi connectivity index (χ1v) is 9.13. The molecule has 6 nitrogen and oxygen atoms in total. The maximum atomic E-state index is 12.4. The van der Waals surface area contributed by atoms with Crippen LogP contribution in [0.4, 0.5) is 0 Å². The molecular formula is C21H19ClO6. The van der Waals surface area contributed by atoms with Crippen LogP contribution in [0.15, 0.2) is 42.5 Å². The highest BCUT2D eigenvalue weighted by molar-refractivity contribution is 6.32. The van der Waals surface area contributed by atoms with Crippen molar-refractivity contribution in [1.29, 1.82) is 0 Å². The molecule has 0 spiro atoms. The number of carbonyl (C=O) groups is 2. The lowest BCUT2D eigenvalue weighted by Crippen LogP contribution is -2.22. The molecule has 146 valence electrons. The van der Waals surface area contributed by atoms with Crippen molar-refractivity contribution >= 4 is 29.4 Å². The summed E-state index contributed by atoms with van der Waals surface area (Å²) in [5.74, 6) is 0.197. The molecule has 0 fully saturated rings. The van der Waals surface area contributed by atoms with Gasteiger partial charge in [0.15, 0.2) is 23.4 Å². The minimum absolute atomic E-state index is 0.207. The monoisotopic (exact) mass is 402 g/mol.